The van der Waals surface area contributed by atoms with E-state index in [1.807, 2.05) is 0 Å². The normalized spacial score (nSPS) is 10.9. The van der Waals surface area contributed by atoms with Crippen LogP contribution in [0.3, 0.4) is 0 Å². The summed E-state index contributed by atoms with van der Waals surface area (Å²) in [7, 11) is 0. The van der Waals surface area contributed by atoms with Gasteiger partial charge >= 0.3 is 5.97 Å². The van der Waals surface area contributed by atoms with Crippen molar-refractivity contribution < 1.29 is 9.53 Å². The summed E-state index contributed by atoms with van der Waals surface area (Å²) in [6.07, 6.45) is 8.52. The minimum absolute atomic E-state index is 0.163. The number of ether oxygens (including phenoxy) is 1. The lowest BCUT2D eigenvalue weighted by atomic mass is 10.2. The molecule has 0 heterocycles. The molecule has 18 heavy (non-hydrogen) atoms. The van der Waals surface area contributed by atoms with E-state index in [0.717, 1.165) is 6.42 Å². The van der Waals surface area contributed by atoms with Gasteiger partial charge in [0.2, 0.25) is 0 Å². The smallest absolute Gasteiger partial charge is 0.302 e. The fourth-order valence-corrected chi connectivity index (χ4v) is 2.04. The van der Waals surface area contributed by atoms with Crippen LogP contribution in [-0.4, -0.2) is 37.1 Å². The van der Waals surface area contributed by atoms with Crippen molar-refractivity contribution in [2.75, 3.05) is 26.2 Å². The molecule has 3 nitrogen and oxygen atoms in total. The third kappa shape index (κ3) is 11.9. The van der Waals surface area contributed by atoms with Gasteiger partial charge in [-0.2, -0.15) is 0 Å². The molecule has 0 N–H and O–H groups in total. The number of nitrogens with zero attached hydrogens (tertiary/aromatic N) is 1. The maximum Gasteiger partial charge on any atom is 0.302 e. The molecule has 0 saturated heterocycles. The first-order valence-electron chi connectivity index (χ1n) is 7.56. The maximum atomic E-state index is 10.6. The van der Waals surface area contributed by atoms with Crippen molar-refractivity contribution in [3.8, 4) is 0 Å². The summed E-state index contributed by atoms with van der Waals surface area (Å²) >= 11 is 0. The van der Waals surface area contributed by atoms with Crippen molar-refractivity contribution >= 4 is 5.97 Å². The number of hydrogen-bond donors (Lipinski definition) is 0. The van der Waals surface area contributed by atoms with Crippen LogP contribution >= 0.6 is 0 Å². The molecule has 108 valence electrons. The lowest BCUT2D eigenvalue weighted by Crippen LogP contribution is -2.26. The zero-order valence-electron chi connectivity index (χ0n) is 12.5. The predicted octanol–water partition coefficient (Wildman–Crippen LogP) is 3.62. The van der Waals surface area contributed by atoms with Crippen LogP contribution in [-0.2, 0) is 9.53 Å². The summed E-state index contributed by atoms with van der Waals surface area (Å²) in [5.41, 5.74) is 0. The molecule has 0 rings (SSSR count). The molecular weight excluding hydrogens is 226 g/mol. The lowest BCUT2D eigenvalue weighted by molar-refractivity contribution is -0.141. The van der Waals surface area contributed by atoms with E-state index in [0.29, 0.717) is 6.61 Å². The van der Waals surface area contributed by atoms with E-state index >= 15 is 0 Å². The summed E-state index contributed by atoms with van der Waals surface area (Å²) in [6.45, 7) is 10.3. The number of unbranched alkanes of at least 4 members (excludes halogenated alkanes) is 4. The zero-order chi connectivity index (χ0) is 13.6. The molecule has 0 aliphatic heterocycles. The van der Waals surface area contributed by atoms with Gasteiger partial charge in [0.15, 0.2) is 0 Å². The van der Waals surface area contributed by atoms with Crippen molar-refractivity contribution in [3.63, 3.8) is 0 Å². The van der Waals surface area contributed by atoms with Crippen LogP contribution < -0.4 is 0 Å². The molecule has 0 aromatic heterocycles. The fourth-order valence-electron chi connectivity index (χ4n) is 2.04. The summed E-state index contributed by atoms with van der Waals surface area (Å²) in [4.78, 5) is 13.1. The largest absolute Gasteiger partial charge is 0.466 e. The van der Waals surface area contributed by atoms with Gasteiger partial charge in [-0.15, -0.1) is 0 Å². The minimum atomic E-state index is -0.163. The zero-order valence-corrected chi connectivity index (χ0v) is 12.5. The number of rotatable bonds is 12. The Balaban J connectivity index is 3.39. The van der Waals surface area contributed by atoms with Gasteiger partial charge in [0.05, 0.1) is 6.61 Å². The summed E-state index contributed by atoms with van der Waals surface area (Å²) in [5, 5.41) is 0. The van der Waals surface area contributed by atoms with Crippen molar-refractivity contribution in [3.05, 3.63) is 0 Å². The molecule has 0 unspecified atom stereocenters. The third-order valence-corrected chi connectivity index (χ3v) is 3.04. The maximum absolute atomic E-state index is 10.6. The van der Waals surface area contributed by atoms with Crippen LogP contribution in [0.25, 0.3) is 0 Å². The van der Waals surface area contributed by atoms with Crippen molar-refractivity contribution in [2.45, 2.75) is 65.7 Å². The molecule has 0 saturated carbocycles. The van der Waals surface area contributed by atoms with Crippen LogP contribution in [0.2, 0.25) is 0 Å². The molecule has 0 aliphatic carbocycles. The first-order chi connectivity index (χ1) is 8.70. The molecule has 0 atom stereocenters. The highest BCUT2D eigenvalue weighted by molar-refractivity contribution is 5.65. The van der Waals surface area contributed by atoms with Crippen LogP contribution in [0.15, 0.2) is 0 Å². The number of esters is 1. The van der Waals surface area contributed by atoms with Crippen molar-refractivity contribution in [1.29, 1.82) is 0 Å². The van der Waals surface area contributed by atoms with Crippen LogP contribution in [0.5, 0.6) is 0 Å². The van der Waals surface area contributed by atoms with Crippen LogP contribution in [0, 0.1) is 0 Å². The Morgan fingerprint density at radius 3 is 2.17 bits per heavy atom. The van der Waals surface area contributed by atoms with E-state index in [-0.39, 0.29) is 5.97 Å². The molecule has 0 aromatic rings. The van der Waals surface area contributed by atoms with Gasteiger partial charge in [0, 0.05) is 6.92 Å². The Hall–Kier alpha value is -0.570. The Labute approximate surface area is 113 Å². The fraction of sp³-hybridized carbons (Fsp3) is 0.933. The Morgan fingerprint density at radius 2 is 1.56 bits per heavy atom. The van der Waals surface area contributed by atoms with E-state index in [9.17, 15) is 4.79 Å². The third-order valence-electron chi connectivity index (χ3n) is 3.04. The van der Waals surface area contributed by atoms with Gasteiger partial charge in [-0.25, -0.2) is 0 Å². The van der Waals surface area contributed by atoms with E-state index in [1.165, 1.54) is 65.1 Å². The predicted molar refractivity (Wildman–Crippen MR) is 76.7 cm³/mol. The molecule has 3 heteroatoms. The SMILES string of the molecule is CCCCN(CCC)CCCCCCOC(C)=O. The molecule has 0 amide bonds. The van der Waals surface area contributed by atoms with Crippen molar-refractivity contribution in [1.82, 2.24) is 4.90 Å². The van der Waals surface area contributed by atoms with Gasteiger partial charge in [-0.3, -0.25) is 4.79 Å². The van der Waals surface area contributed by atoms with E-state index < -0.39 is 0 Å². The highest BCUT2D eigenvalue weighted by Crippen LogP contribution is 2.04. The highest BCUT2D eigenvalue weighted by Gasteiger charge is 2.02. The second-order valence-electron chi connectivity index (χ2n) is 4.95. The summed E-state index contributed by atoms with van der Waals surface area (Å²) < 4.78 is 4.91. The second-order valence-corrected chi connectivity index (χ2v) is 4.95. The first kappa shape index (κ1) is 17.4. The van der Waals surface area contributed by atoms with E-state index in [2.05, 4.69) is 18.7 Å². The van der Waals surface area contributed by atoms with E-state index in [4.69, 9.17) is 4.74 Å². The average Bonchev–Trinajstić information content (AvgIpc) is 2.34. The van der Waals surface area contributed by atoms with Gasteiger partial charge < -0.3 is 9.64 Å². The summed E-state index contributed by atoms with van der Waals surface area (Å²) in [5.74, 6) is -0.163. The van der Waals surface area contributed by atoms with Crippen LogP contribution in [0.1, 0.15) is 65.7 Å². The highest BCUT2D eigenvalue weighted by atomic mass is 16.5. The second kappa shape index (κ2) is 12.9. The van der Waals surface area contributed by atoms with Gasteiger partial charge in [0.1, 0.15) is 0 Å². The van der Waals surface area contributed by atoms with Gasteiger partial charge in [0.25, 0.3) is 0 Å². The molecular formula is C15H31NO2. The topological polar surface area (TPSA) is 29.5 Å². The standard InChI is InChI=1S/C15H31NO2/c1-4-6-12-16(11-5-2)13-9-7-8-10-14-18-15(3)17/h4-14H2,1-3H3. The molecule has 0 aromatic carbocycles. The number of hydrogen-bond acceptors (Lipinski definition) is 3. The van der Waals surface area contributed by atoms with E-state index in [1.54, 1.807) is 0 Å². The number of carbonyl (C=O) groups excluding carboxylic acids is 1. The first-order valence-corrected chi connectivity index (χ1v) is 7.56. The monoisotopic (exact) mass is 257 g/mol. The Morgan fingerprint density at radius 1 is 0.889 bits per heavy atom. The Kier molecular flexibility index (Phi) is 12.5. The average molecular weight is 257 g/mol. The summed E-state index contributed by atoms with van der Waals surface area (Å²) in [6, 6.07) is 0. The molecule has 0 aliphatic rings. The molecule has 0 spiro atoms. The van der Waals surface area contributed by atoms with Gasteiger partial charge in [-0.05, 0) is 45.3 Å². The number of carbonyl (C=O) groups is 1. The molecule has 0 bridgehead atoms. The Bertz CT molecular complexity index is 195. The quantitative estimate of drug-likeness (QED) is 0.395. The molecule has 0 radical (unpaired) electrons. The molecule has 0 fully saturated rings. The lowest BCUT2D eigenvalue weighted by Gasteiger charge is -2.21. The van der Waals surface area contributed by atoms with Crippen LogP contribution in [0.4, 0.5) is 0 Å². The van der Waals surface area contributed by atoms with Gasteiger partial charge in [-0.1, -0.05) is 33.1 Å². The van der Waals surface area contributed by atoms with Crippen molar-refractivity contribution in [2.24, 2.45) is 0 Å². The minimum Gasteiger partial charge on any atom is -0.466 e.